The number of aldehydes is 1. The largest absolute Gasteiger partial charge is 0.507 e. The predicted octanol–water partition coefficient (Wildman–Crippen LogP) is 2.15. The van der Waals surface area contributed by atoms with Crippen LogP contribution in [0, 0.1) is 0 Å². The summed E-state index contributed by atoms with van der Waals surface area (Å²) in [7, 11) is 3.25. The van der Waals surface area contributed by atoms with Crippen LogP contribution in [0.25, 0.3) is 10.9 Å². The van der Waals surface area contributed by atoms with Crippen molar-refractivity contribution in [2.24, 2.45) is 0 Å². The van der Waals surface area contributed by atoms with Gasteiger partial charge in [0.05, 0.1) is 11.3 Å². The predicted molar refractivity (Wildman–Crippen MR) is 68.3 cm³/mol. The fraction of sp³-hybridized carbons (Fsp3) is 0.231. The maximum atomic E-state index is 11.1. The molecule has 0 aliphatic heterocycles. The number of methoxy groups -OCH3 is 1. The second kappa shape index (κ2) is 5.97. The van der Waals surface area contributed by atoms with Crippen LogP contribution in [0.2, 0.25) is 0 Å². The maximum Gasteiger partial charge on any atom is 0.166 e. The highest BCUT2D eigenvalue weighted by atomic mass is 16.4. The molecule has 0 aliphatic carbocycles. The van der Waals surface area contributed by atoms with E-state index in [9.17, 15) is 14.7 Å². The number of benzene rings is 1. The van der Waals surface area contributed by atoms with E-state index in [1.54, 1.807) is 26.4 Å². The van der Waals surface area contributed by atoms with E-state index >= 15 is 0 Å². The Morgan fingerprint density at radius 3 is 2.44 bits per heavy atom. The van der Waals surface area contributed by atoms with Crippen molar-refractivity contribution >= 4 is 23.0 Å². The summed E-state index contributed by atoms with van der Waals surface area (Å²) in [6.45, 7) is 1.38. The first-order valence-electron chi connectivity index (χ1n) is 5.25. The van der Waals surface area contributed by atoms with Gasteiger partial charge in [0, 0.05) is 31.2 Å². The molecule has 0 fully saturated rings. The molecule has 96 valence electrons. The lowest BCUT2D eigenvalue weighted by Gasteiger charge is -1.99. The molecule has 5 nitrogen and oxygen atoms in total. The zero-order valence-electron chi connectivity index (χ0n) is 10.5. The number of rotatable bonds is 2. The lowest BCUT2D eigenvalue weighted by molar-refractivity contribution is 0.101. The number of phenols is 1. The number of Topliss-reactive ketones (excluding diaryl/α,β-unsaturated/α-hetero) is 1. The molecule has 2 rings (SSSR count). The Hall–Kier alpha value is -2.14. The van der Waals surface area contributed by atoms with Gasteiger partial charge in [-0.3, -0.25) is 9.59 Å². The molecular weight excluding hydrogens is 234 g/mol. The molecule has 0 radical (unpaired) electrons. The Bertz CT molecular complexity index is 572. The smallest absolute Gasteiger partial charge is 0.166 e. The highest BCUT2D eigenvalue weighted by Gasteiger charge is 2.09. The Morgan fingerprint density at radius 2 is 1.94 bits per heavy atom. The third-order valence-electron chi connectivity index (χ3n) is 2.26. The summed E-state index contributed by atoms with van der Waals surface area (Å²) in [5.74, 6) is -0.280. The van der Waals surface area contributed by atoms with Crippen LogP contribution in [0.5, 0.6) is 5.75 Å². The van der Waals surface area contributed by atoms with Gasteiger partial charge in [-0.25, -0.2) is 0 Å². The number of carbonyl (C=O) groups excluding carboxylic acids is 2. The number of ether oxygens (including phenoxy) is 1. The van der Waals surface area contributed by atoms with Crippen LogP contribution in [0.4, 0.5) is 0 Å². The lowest BCUT2D eigenvalue weighted by Crippen LogP contribution is -1.91. The van der Waals surface area contributed by atoms with E-state index in [2.05, 4.69) is 9.72 Å². The topological polar surface area (TPSA) is 79.4 Å². The van der Waals surface area contributed by atoms with E-state index < -0.39 is 0 Å². The number of hydrogen-bond donors (Lipinski definition) is 2. The van der Waals surface area contributed by atoms with Gasteiger partial charge >= 0.3 is 0 Å². The van der Waals surface area contributed by atoms with Crippen molar-refractivity contribution < 1.29 is 19.4 Å². The molecular formula is C13H15NO4. The summed E-state index contributed by atoms with van der Waals surface area (Å²) in [5, 5.41) is 10.3. The van der Waals surface area contributed by atoms with Crippen molar-refractivity contribution in [2.45, 2.75) is 6.92 Å². The van der Waals surface area contributed by atoms with Gasteiger partial charge in [0.2, 0.25) is 0 Å². The number of nitrogens with one attached hydrogen (secondary N) is 1. The van der Waals surface area contributed by atoms with Crippen LogP contribution in [-0.4, -0.2) is 36.4 Å². The average molecular weight is 249 g/mol. The van der Waals surface area contributed by atoms with Crippen molar-refractivity contribution in [3.8, 4) is 5.75 Å². The Labute approximate surface area is 104 Å². The second-order valence-corrected chi connectivity index (χ2v) is 3.76. The Kier molecular flexibility index (Phi) is 4.62. The number of aromatic nitrogens is 1. The minimum Gasteiger partial charge on any atom is -0.507 e. The Balaban J connectivity index is 0.000000492. The Morgan fingerprint density at radius 1 is 1.33 bits per heavy atom. The average Bonchev–Trinajstić information content (AvgIpc) is 2.70. The van der Waals surface area contributed by atoms with Crippen LogP contribution < -0.4 is 0 Å². The first-order chi connectivity index (χ1) is 8.53. The summed E-state index contributed by atoms with van der Waals surface area (Å²) in [5.41, 5.74) is 1.32. The number of fused-ring (bicyclic) bond motifs is 1. The molecule has 1 aromatic heterocycles. The molecule has 0 saturated carbocycles. The normalized spacial score (nSPS) is 9.72. The molecule has 2 aromatic rings. The van der Waals surface area contributed by atoms with Crippen molar-refractivity contribution in [2.75, 3.05) is 14.2 Å². The van der Waals surface area contributed by atoms with Crippen molar-refractivity contribution in [1.29, 1.82) is 0 Å². The number of ketones is 1. The van der Waals surface area contributed by atoms with Gasteiger partial charge in [-0.2, -0.15) is 0 Å². The van der Waals surface area contributed by atoms with E-state index in [0.29, 0.717) is 17.5 Å². The van der Waals surface area contributed by atoms with Crippen LogP contribution in [-0.2, 0) is 4.74 Å². The third kappa shape index (κ3) is 2.95. The number of aromatic amines is 1. The van der Waals surface area contributed by atoms with Crippen molar-refractivity contribution in [3.63, 3.8) is 0 Å². The molecule has 0 saturated heterocycles. The van der Waals surface area contributed by atoms with Crippen molar-refractivity contribution in [1.82, 2.24) is 4.98 Å². The molecule has 0 unspecified atom stereocenters. The van der Waals surface area contributed by atoms with Gasteiger partial charge in [-0.1, -0.05) is 0 Å². The fourth-order valence-electron chi connectivity index (χ4n) is 1.54. The molecule has 5 heteroatoms. The number of aromatic hydroxyl groups is 1. The molecule has 1 aromatic carbocycles. The van der Waals surface area contributed by atoms with E-state index in [1.807, 2.05) is 0 Å². The standard InChI is InChI=1S/C11H9NO3.C2H6O/c1-6(14)9-3-7-2-8(5-13)12-10(7)4-11(9)15;1-3-2/h2-5,12,15H,1H3;1-2H3. The van der Waals surface area contributed by atoms with Crippen LogP contribution in [0.1, 0.15) is 27.8 Å². The van der Waals surface area contributed by atoms with Gasteiger partial charge in [-0.05, 0) is 19.1 Å². The zero-order valence-corrected chi connectivity index (χ0v) is 10.5. The number of carbonyl (C=O) groups is 2. The van der Waals surface area contributed by atoms with Gasteiger partial charge in [0.15, 0.2) is 12.1 Å². The highest BCUT2D eigenvalue weighted by Crippen LogP contribution is 2.25. The molecule has 0 spiro atoms. The third-order valence-corrected chi connectivity index (χ3v) is 2.26. The SMILES string of the molecule is CC(=O)c1cc2cc(C=O)[nH]c2cc1O.COC. The highest BCUT2D eigenvalue weighted by molar-refractivity contribution is 6.01. The summed E-state index contributed by atoms with van der Waals surface area (Å²) in [6, 6.07) is 4.64. The summed E-state index contributed by atoms with van der Waals surface area (Å²) in [4.78, 5) is 24.5. The van der Waals surface area contributed by atoms with Crippen molar-refractivity contribution in [3.05, 3.63) is 29.5 Å². The summed E-state index contributed by atoms with van der Waals surface area (Å²) in [6.07, 6.45) is 0.685. The van der Waals surface area contributed by atoms with E-state index in [4.69, 9.17) is 0 Å². The maximum absolute atomic E-state index is 11.1. The van der Waals surface area contributed by atoms with Gasteiger partial charge in [0.25, 0.3) is 0 Å². The minimum atomic E-state index is -0.205. The van der Waals surface area contributed by atoms with Crippen LogP contribution in [0.3, 0.4) is 0 Å². The first kappa shape index (κ1) is 13.9. The molecule has 0 bridgehead atoms. The monoisotopic (exact) mass is 249 g/mol. The minimum absolute atomic E-state index is 0.0747. The lowest BCUT2D eigenvalue weighted by atomic mass is 10.1. The quantitative estimate of drug-likeness (QED) is 0.631. The van der Waals surface area contributed by atoms with E-state index in [-0.39, 0.29) is 17.1 Å². The van der Waals surface area contributed by atoms with E-state index in [0.717, 1.165) is 5.39 Å². The molecule has 0 atom stereocenters. The molecule has 0 aliphatic rings. The van der Waals surface area contributed by atoms with Crippen LogP contribution in [0.15, 0.2) is 18.2 Å². The molecule has 18 heavy (non-hydrogen) atoms. The van der Waals surface area contributed by atoms with Gasteiger partial charge in [-0.15, -0.1) is 0 Å². The van der Waals surface area contributed by atoms with Crippen LogP contribution >= 0.6 is 0 Å². The zero-order chi connectivity index (χ0) is 13.7. The number of hydrogen-bond acceptors (Lipinski definition) is 4. The molecule has 2 N–H and O–H groups in total. The fourth-order valence-corrected chi connectivity index (χ4v) is 1.54. The van der Waals surface area contributed by atoms with Gasteiger partial charge in [0.1, 0.15) is 5.75 Å². The number of phenolic OH excluding ortho intramolecular Hbond substituents is 1. The summed E-state index contributed by atoms with van der Waals surface area (Å²) >= 11 is 0. The second-order valence-electron chi connectivity index (χ2n) is 3.76. The molecule has 1 heterocycles. The summed E-state index contributed by atoms with van der Waals surface area (Å²) < 4.78 is 4.25. The number of H-pyrrole nitrogens is 1. The van der Waals surface area contributed by atoms with E-state index in [1.165, 1.54) is 13.0 Å². The first-order valence-corrected chi connectivity index (χ1v) is 5.25. The van der Waals surface area contributed by atoms with Gasteiger partial charge < -0.3 is 14.8 Å². The molecule has 0 amide bonds.